The van der Waals surface area contributed by atoms with Crippen LogP contribution in [0.2, 0.25) is 0 Å². The largest absolute Gasteiger partial charge is 0.396 e. The van der Waals surface area contributed by atoms with Gasteiger partial charge in [-0.1, -0.05) is 30.3 Å². The van der Waals surface area contributed by atoms with Crippen molar-refractivity contribution < 1.29 is 18.9 Å². The van der Waals surface area contributed by atoms with Crippen LogP contribution < -0.4 is 11.1 Å². The van der Waals surface area contributed by atoms with Gasteiger partial charge < -0.3 is 15.5 Å². The zero-order chi connectivity index (χ0) is 22.1. The van der Waals surface area contributed by atoms with Crippen LogP contribution in [0.5, 0.6) is 0 Å². The van der Waals surface area contributed by atoms with Crippen molar-refractivity contribution in [2.24, 2.45) is 0 Å². The summed E-state index contributed by atoms with van der Waals surface area (Å²) >= 11 is 0. The minimum absolute atomic E-state index is 0.00219. The molecule has 3 N–H and O–H groups in total. The molecule has 0 radical (unpaired) electrons. The van der Waals surface area contributed by atoms with Crippen LogP contribution in [0.3, 0.4) is 0 Å². The lowest BCUT2D eigenvalue weighted by Gasteiger charge is -2.06. The third-order valence-corrected chi connectivity index (χ3v) is 4.76. The van der Waals surface area contributed by atoms with Crippen LogP contribution in [-0.4, -0.2) is 21.0 Å². The highest BCUT2D eigenvalue weighted by atomic mass is 19.1. The quantitative estimate of drug-likeness (QED) is 0.288. The molecule has 0 saturated carbocycles. The standard InChI is InChI=1S/C22H15FN4O4/c23-15-8-1-2-9-16(15)25-22(29)18-17-10-3-4-11-26(17)20(19(18)24)21(28)13-6-5-7-14(12-13)27(30)31/h1-12H,24H2,(H,25,29). The number of amides is 1. The van der Waals surface area contributed by atoms with Crippen molar-refractivity contribution >= 4 is 34.3 Å². The number of halogens is 1. The van der Waals surface area contributed by atoms with Crippen molar-refractivity contribution in [3.63, 3.8) is 0 Å². The summed E-state index contributed by atoms with van der Waals surface area (Å²) < 4.78 is 15.4. The number of fused-ring (bicyclic) bond motifs is 1. The summed E-state index contributed by atoms with van der Waals surface area (Å²) in [6, 6.07) is 15.8. The average Bonchev–Trinajstić information content (AvgIpc) is 3.06. The van der Waals surface area contributed by atoms with Crippen LogP contribution in [0.15, 0.2) is 72.9 Å². The number of nitrogens with zero attached hydrogens (tertiary/aromatic N) is 2. The molecular weight excluding hydrogens is 403 g/mol. The molecule has 2 aromatic heterocycles. The Morgan fingerprint density at radius 2 is 1.77 bits per heavy atom. The molecule has 0 fully saturated rings. The second kappa shape index (κ2) is 7.71. The van der Waals surface area contributed by atoms with E-state index in [0.717, 1.165) is 6.07 Å². The summed E-state index contributed by atoms with van der Waals surface area (Å²) in [6.07, 6.45) is 1.55. The van der Waals surface area contributed by atoms with E-state index in [-0.39, 0.29) is 33.9 Å². The van der Waals surface area contributed by atoms with Crippen LogP contribution in [0.25, 0.3) is 5.52 Å². The Morgan fingerprint density at radius 3 is 2.52 bits per heavy atom. The Hall–Kier alpha value is -4.53. The highest BCUT2D eigenvalue weighted by molar-refractivity contribution is 6.20. The monoisotopic (exact) mass is 418 g/mol. The Labute approximate surface area is 174 Å². The number of nitro groups is 1. The maximum absolute atomic E-state index is 14.0. The van der Waals surface area contributed by atoms with Crippen LogP contribution in [0.4, 0.5) is 21.5 Å². The molecule has 4 aromatic rings. The topological polar surface area (TPSA) is 120 Å². The number of carbonyl (C=O) groups is 2. The molecule has 0 saturated heterocycles. The third kappa shape index (κ3) is 3.48. The van der Waals surface area contributed by atoms with Gasteiger partial charge in [0.05, 0.1) is 27.4 Å². The number of aromatic nitrogens is 1. The fraction of sp³-hybridized carbons (Fsp3) is 0. The lowest BCUT2D eigenvalue weighted by Crippen LogP contribution is -2.15. The van der Waals surface area contributed by atoms with E-state index in [1.165, 1.54) is 40.8 Å². The van der Waals surface area contributed by atoms with E-state index >= 15 is 0 Å². The fourth-order valence-corrected chi connectivity index (χ4v) is 3.34. The van der Waals surface area contributed by atoms with E-state index in [0.29, 0.717) is 5.52 Å². The number of ketones is 1. The van der Waals surface area contributed by atoms with E-state index in [2.05, 4.69) is 5.32 Å². The highest BCUT2D eigenvalue weighted by Crippen LogP contribution is 2.30. The smallest absolute Gasteiger partial charge is 0.270 e. The first kappa shape index (κ1) is 19.8. The molecule has 1 amide bonds. The number of hydrogen-bond acceptors (Lipinski definition) is 5. The third-order valence-electron chi connectivity index (χ3n) is 4.76. The summed E-state index contributed by atoms with van der Waals surface area (Å²) in [5.41, 5.74) is 6.18. The second-order valence-corrected chi connectivity index (χ2v) is 6.66. The zero-order valence-corrected chi connectivity index (χ0v) is 15.9. The van der Waals surface area contributed by atoms with Gasteiger partial charge in [0.2, 0.25) is 5.78 Å². The number of nitrogens with one attached hydrogen (secondary N) is 1. The van der Waals surface area contributed by atoms with Crippen molar-refractivity contribution in [3.8, 4) is 0 Å². The van der Waals surface area contributed by atoms with E-state index in [9.17, 15) is 24.1 Å². The number of benzene rings is 2. The minimum Gasteiger partial charge on any atom is -0.396 e. The molecule has 0 atom stereocenters. The summed E-state index contributed by atoms with van der Waals surface area (Å²) in [5, 5.41) is 13.5. The maximum Gasteiger partial charge on any atom is 0.270 e. The van der Waals surface area contributed by atoms with Crippen molar-refractivity contribution in [2.45, 2.75) is 0 Å². The van der Waals surface area contributed by atoms with E-state index in [4.69, 9.17) is 5.73 Å². The van der Waals surface area contributed by atoms with Gasteiger partial charge in [-0.25, -0.2) is 4.39 Å². The van der Waals surface area contributed by atoms with Crippen molar-refractivity contribution in [3.05, 3.63) is 106 Å². The molecule has 31 heavy (non-hydrogen) atoms. The van der Waals surface area contributed by atoms with Crippen LogP contribution >= 0.6 is 0 Å². The van der Waals surface area contributed by atoms with Gasteiger partial charge in [0.1, 0.15) is 11.5 Å². The first-order valence-corrected chi connectivity index (χ1v) is 9.12. The van der Waals surface area contributed by atoms with Gasteiger partial charge in [-0.15, -0.1) is 0 Å². The van der Waals surface area contributed by atoms with Gasteiger partial charge in [0.25, 0.3) is 11.6 Å². The number of pyridine rings is 1. The fourth-order valence-electron chi connectivity index (χ4n) is 3.34. The first-order valence-electron chi connectivity index (χ1n) is 9.12. The Morgan fingerprint density at radius 1 is 1.03 bits per heavy atom. The van der Waals surface area contributed by atoms with Crippen molar-refractivity contribution in [2.75, 3.05) is 11.1 Å². The molecule has 0 aliphatic rings. The molecule has 8 nitrogen and oxygen atoms in total. The van der Waals surface area contributed by atoms with Crippen LogP contribution in [0.1, 0.15) is 26.4 Å². The molecule has 0 spiro atoms. The molecule has 9 heteroatoms. The first-order chi connectivity index (χ1) is 14.9. The number of nitrogens with two attached hydrogens (primary N) is 1. The SMILES string of the molecule is Nc1c(C(=O)Nc2ccccc2F)c2ccccn2c1C(=O)c1cccc([N+](=O)[O-])c1. The summed E-state index contributed by atoms with van der Waals surface area (Å²) in [4.78, 5) is 36.6. The van der Waals surface area contributed by atoms with Crippen LogP contribution in [0, 0.1) is 15.9 Å². The highest BCUT2D eigenvalue weighted by Gasteiger charge is 2.27. The Kier molecular flexibility index (Phi) is 4.92. The molecule has 4 rings (SSSR count). The van der Waals surface area contributed by atoms with Gasteiger partial charge >= 0.3 is 0 Å². The van der Waals surface area contributed by atoms with E-state index in [1.54, 1.807) is 30.5 Å². The van der Waals surface area contributed by atoms with E-state index < -0.39 is 22.4 Å². The predicted octanol–water partition coefficient (Wildman–Crippen LogP) is 4.05. The number of nitro benzene ring substituents is 1. The normalized spacial score (nSPS) is 10.7. The number of rotatable bonds is 5. The zero-order valence-electron chi connectivity index (χ0n) is 15.9. The molecule has 154 valence electrons. The van der Waals surface area contributed by atoms with E-state index in [1.807, 2.05) is 0 Å². The molecule has 0 unspecified atom stereocenters. The summed E-state index contributed by atoms with van der Waals surface area (Å²) in [5.74, 6) is -1.90. The molecule has 0 aliphatic heterocycles. The molecular formula is C22H15FN4O4. The molecule has 0 bridgehead atoms. The van der Waals surface area contributed by atoms with Crippen molar-refractivity contribution in [1.29, 1.82) is 0 Å². The Balaban J connectivity index is 1.83. The number of anilines is 2. The predicted molar refractivity (Wildman–Crippen MR) is 113 cm³/mol. The number of carbonyl (C=O) groups excluding carboxylic acids is 2. The van der Waals surface area contributed by atoms with Gasteiger partial charge in [-0.05, 0) is 24.3 Å². The van der Waals surface area contributed by atoms with Crippen molar-refractivity contribution in [1.82, 2.24) is 4.40 Å². The number of non-ortho nitro benzene ring substituents is 1. The Bertz CT molecular complexity index is 1360. The molecule has 2 aromatic carbocycles. The lowest BCUT2D eigenvalue weighted by molar-refractivity contribution is -0.384. The number of para-hydroxylation sites is 1. The lowest BCUT2D eigenvalue weighted by atomic mass is 10.1. The van der Waals surface area contributed by atoms with Crippen LogP contribution in [-0.2, 0) is 0 Å². The van der Waals surface area contributed by atoms with Gasteiger partial charge in [-0.2, -0.15) is 0 Å². The number of nitrogen functional groups attached to an aromatic ring is 1. The molecule has 2 heterocycles. The maximum atomic E-state index is 14.0. The van der Waals surface area contributed by atoms with Gasteiger partial charge in [0, 0.05) is 23.9 Å². The average molecular weight is 418 g/mol. The number of hydrogen-bond donors (Lipinski definition) is 2. The van der Waals surface area contributed by atoms with Gasteiger partial charge in [0.15, 0.2) is 0 Å². The minimum atomic E-state index is -0.690. The second-order valence-electron chi connectivity index (χ2n) is 6.66. The molecule has 0 aliphatic carbocycles. The summed E-state index contributed by atoms with van der Waals surface area (Å²) in [6.45, 7) is 0. The summed E-state index contributed by atoms with van der Waals surface area (Å²) in [7, 11) is 0. The van der Waals surface area contributed by atoms with Gasteiger partial charge in [-0.3, -0.25) is 19.7 Å².